The summed E-state index contributed by atoms with van der Waals surface area (Å²) in [7, 11) is 0. The van der Waals surface area contributed by atoms with E-state index in [2.05, 4.69) is 4.98 Å². The quantitative estimate of drug-likeness (QED) is 0.647. The van der Waals surface area contributed by atoms with E-state index in [9.17, 15) is 4.79 Å². The first-order valence-corrected chi connectivity index (χ1v) is 4.45. The van der Waals surface area contributed by atoms with E-state index in [1.807, 2.05) is 24.8 Å². The second kappa shape index (κ2) is 2.83. The number of carbonyl (C=O) groups is 1. The third-order valence-electron chi connectivity index (χ3n) is 2.27. The van der Waals surface area contributed by atoms with E-state index in [-0.39, 0.29) is 11.9 Å². The molecule has 0 unspecified atom stereocenters. The molecule has 0 bridgehead atoms. The Balaban J connectivity index is 2.46. The first-order valence-electron chi connectivity index (χ1n) is 4.45. The Hall–Kier alpha value is -1.38. The lowest BCUT2D eigenvalue weighted by Gasteiger charge is -2.21. The zero-order valence-corrected chi connectivity index (χ0v) is 7.82. The highest BCUT2D eigenvalue weighted by Crippen LogP contribution is 2.28. The van der Waals surface area contributed by atoms with Gasteiger partial charge in [0.15, 0.2) is 0 Å². The molecule has 0 N–H and O–H groups in total. The molecule has 1 aliphatic rings. The Morgan fingerprint density at radius 2 is 2.31 bits per heavy atom. The maximum atomic E-state index is 11.6. The summed E-state index contributed by atoms with van der Waals surface area (Å²) in [6.07, 6.45) is 4.02. The summed E-state index contributed by atoms with van der Waals surface area (Å²) in [5.74, 6) is 0.179. The second-order valence-electron chi connectivity index (χ2n) is 3.54. The van der Waals surface area contributed by atoms with Gasteiger partial charge in [-0.25, -0.2) is 0 Å². The molecule has 2 heterocycles. The van der Waals surface area contributed by atoms with Crippen LogP contribution in [0.5, 0.6) is 0 Å². The van der Waals surface area contributed by atoms with Gasteiger partial charge >= 0.3 is 0 Å². The normalized spacial score (nSPS) is 15.3. The molecule has 0 aromatic carbocycles. The average Bonchev–Trinajstić information content (AvgIpc) is 2.39. The van der Waals surface area contributed by atoms with Crippen molar-refractivity contribution in [2.75, 3.05) is 4.90 Å². The standard InChI is InChI=1S/C10H12N2O/c1-7(2)12-9-6-11-4-3-8(9)5-10(12)13/h3-4,6-7H,5H2,1-2H3. The van der Waals surface area contributed by atoms with E-state index >= 15 is 0 Å². The third-order valence-corrected chi connectivity index (χ3v) is 2.27. The molecule has 2 rings (SSSR count). The van der Waals surface area contributed by atoms with Crippen LogP contribution in [0, 0.1) is 0 Å². The first-order chi connectivity index (χ1) is 6.20. The van der Waals surface area contributed by atoms with E-state index in [4.69, 9.17) is 0 Å². The summed E-state index contributed by atoms with van der Waals surface area (Å²) in [5, 5.41) is 0. The van der Waals surface area contributed by atoms with Crippen molar-refractivity contribution in [1.29, 1.82) is 0 Å². The van der Waals surface area contributed by atoms with Crippen LogP contribution in [0.2, 0.25) is 0 Å². The van der Waals surface area contributed by atoms with Crippen LogP contribution in [-0.2, 0) is 11.2 Å². The van der Waals surface area contributed by atoms with Gasteiger partial charge in [0.05, 0.1) is 18.3 Å². The van der Waals surface area contributed by atoms with E-state index < -0.39 is 0 Å². The summed E-state index contributed by atoms with van der Waals surface area (Å²) < 4.78 is 0. The monoisotopic (exact) mass is 176 g/mol. The van der Waals surface area contributed by atoms with Crippen molar-refractivity contribution in [2.24, 2.45) is 0 Å². The lowest BCUT2D eigenvalue weighted by Crippen LogP contribution is -2.33. The van der Waals surface area contributed by atoms with Crippen LogP contribution in [0.3, 0.4) is 0 Å². The minimum atomic E-state index is 0.179. The Morgan fingerprint density at radius 1 is 1.54 bits per heavy atom. The SMILES string of the molecule is CC(C)N1C(=O)Cc2ccncc21. The highest BCUT2D eigenvalue weighted by atomic mass is 16.2. The molecule has 68 valence electrons. The number of anilines is 1. The summed E-state index contributed by atoms with van der Waals surface area (Å²) in [6.45, 7) is 4.03. The molecular formula is C10H12N2O. The smallest absolute Gasteiger partial charge is 0.231 e. The van der Waals surface area contributed by atoms with Gasteiger partial charge in [0.2, 0.25) is 5.91 Å². The average molecular weight is 176 g/mol. The molecule has 0 aliphatic carbocycles. The van der Waals surface area contributed by atoms with Crippen LogP contribution >= 0.6 is 0 Å². The molecular weight excluding hydrogens is 164 g/mol. The van der Waals surface area contributed by atoms with Crippen molar-refractivity contribution in [2.45, 2.75) is 26.3 Å². The number of aromatic nitrogens is 1. The first kappa shape index (κ1) is 8.23. The zero-order chi connectivity index (χ0) is 9.42. The maximum absolute atomic E-state index is 11.6. The predicted molar refractivity (Wildman–Crippen MR) is 50.6 cm³/mol. The van der Waals surface area contributed by atoms with E-state index in [0.29, 0.717) is 6.42 Å². The molecule has 0 saturated carbocycles. The minimum absolute atomic E-state index is 0.179. The number of nitrogens with zero attached hydrogens (tertiary/aromatic N) is 2. The molecule has 1 aliphatic heterocycles. The van der Waals surface area contributed by atoms with Gasteiger partial charge in [-0.3, -0.25) is 9.78 Å². The molecule has 1 aromatic heterocycles. The summed E-state index contributed by atoms with van der Waals surface area (Å²) in [6, 6.07) is 2.13. The number of hydrogen-bond donors (Lipinski definition) is 0. The molecule has 0 atom stereocenters. The number of rotatable bonds is 1. The number of amides is 1. The van der Waals surface area contributed by atoms with Crippen molar-refractivity contribution < 1.29 is 4.79 Å². The molecule has 0 radical (unpaired) electrons. The molecule has 13 heavy (non-hydrogen) atoms. The largest absolute Gasteiger partial charge is 0.308 e. The van der Waals surface area contributed by atoms with Gasteiger partial charge in [0.25, 0.3) is 0 Å². The van der Waals surface area contributed by atoms with Crippen LogP contribution in [0.15, 0.2) is 18.5 Å². The van der Waals surface area contributed by atoms with Crippen LogP contribution in [-0.4, -0.2) is 16.9 Å². The van der Waals surface area contributed by atoms with Crippen LogP contribution in [0.1, 0.15) is 19.4 Å². The van der Waals surface area contributed by atoms with Gasteiger partial charge in [-0.15, -0.1) is 0 Å². The molecule has 3 heteroatoms. The summed E-state index contributed by atoms with van der Waals surface area (Å²) in [5.41, 5.74) is 2.07. The number of pyridine rings is 1. The Labute approximate surface area is 77.4 Å². The fraction of sp³-hybridized carbons (Fsp3) is 0.400. The zero-order valence-electron chi connectivity index (χ0n) is 7.82. The number of carbonyl (C=O) groups excluding carboxylic acids is 1. The van der Waals surface area contributed by atoms with Crippen LogP contribution < -0.4 is 4.90 Å². The fourth-order valence-corrected chi connectivity index (χ4v) is 1.73. The lowest BCUT2D eigenvalue weighted by atomic mass is 10.2. The topological polar surface area (TPSA) is 33.2 Å². The molecule has 3 nitrogen and oxygen atoms in total. The predicted octanol–water partition coefficient (Wildman–Crippen LogP) is 1.38. The fourth-order valence-electron chi connectivity index (χ4n) is 1.73. The van der Waals surface area contributed by atoms with Crippen molar-refractivity contribution >= 4 is 11.6 Å². The van der Waals surface area contributed by atoms with Gasteiger partial charge in [-0.1, -0.05) is 0 Å². The van der Waals surface area contributed by atoms with Crippen molar-refractivity contribution in [1.82, 2.24) is 4.98 Å². The Morgan fingerprint density at radius 3 is 3.00 bits per heavy atom. The highest BCUT2D eigenvalue weighted by Gasteiger charge is 2.28. The Kier molecular flexibility index (Phi) is 1.79. The lowest BCUT2D eigenvalue weighted by molar-refractivity contribution is -0.117. The van der Waals surface area contributed by atoms with E-state index in [1.54, 1.807) is 12.4 Å². The third kappa shape index (κ3) is 1.20. The maximum Gasteiger partial charge on any atom is 0.231 e. The molecule has 0 saturated heterocycles. The minimum Gasteiger partial charge on any atom is -0.308 e. The van der Waals surface area contributed by atoms with Crippen LogP contribution in [0.25, 0.3) is 0 Å². The number of hydrogen-bond acceptors (Lipinski definition) is 2. The van der Waals surface area contributed by atoms with Crippen molar-refractivity contribution in [3.05, 3.63) is 24.0 Å². The highest BCUT2D eigenvalue weighted by molar-refractivity contribution is 6.01. The molecule has 0 spiro atoms. The molecule has 1 aromatic rings. The molecule has 1 amide bonds. The summed E-state index contributed by atoms with van der Waals surface area (Å²) in [4.78, 5) is 17.4. The Bertz CT molecular complexity index is 347. The van der Waals surface area contributed by atoms with E-state index in [0.717, 1.165) is 11.3 Å². The van der Waals surface area contributed by atoms with Gasteiger partial charge in [0, 0.05) is 12.2 Å². The van der Waals surface area contributed by atoms with Gasteiger partial charge in [0.1, 0.15) is 0 Å². The van der Waals surface area contributed by atoms with E-state index in [1.165, 1.54) is 0 Å². The van der Waals surface area contributed by atoms with Gasteiger partial charge in [-0.05, 0) is 25.5 Å². The van der Waals surface area contributed by atoms with Crippen LogP contribution in [0.4, 0.5) is 5.69 Å². The van der Waals surface area contributed by atoms with Crippen molar-refractivity contribution in [3.63, 3.8) is 0 Å². The molecule has 0 fully saturated rings. The van der Waals surface area contributed by atoms with Gasteiger partial charge < -0.3 is 4.90 Å². The summed E-state index contributed by atoms with van der Waals surface area (Å²) >= 11 is 0. The second-order valence-corrected chi connectivity index (χ2v) is 3.54. The van der Waals surface area contributed by atoms with Gasteiger partial charge in [-0.2, -0.15) is 0 Å². The van der Waals surface area contributed by atoms with Crippen molar-refractivity contribution in [3.8, 4) is 0 Å². The number of fused-ring (bicyclic) bond motifs is 1.